The molecule has 0 radical (unpaired) electrons. The van der Waals surface area contributed by atoms with Crippen molar-refractivity contribution < 1.29 is 14.6 Å². The molecule has 3 heteroatoms. The fourth-order valence-corrected chi connectivity index (χ4v) is 0.841. The Kier molecular flexibility index (Phi) is 4.11. The van der Waals surface area contributed by atoms with Crippen LogP contribution in [0.3, 0.4) is 0 Å². The minimum atomic E-state index is -0.868. The average molecular weight is 160 g/mol. The first kappa shape index (κ1) is 10.4. The van der Waals surface area contributed by atoms with E-state index in [0.29, 0.717) is 12.8 Å². The van der Waals surface area contributed by atoms with Gasteiger partial charge >= 0.3 is 5.97 Å². The van der Waals surface area contributed by atoms with Gasteiger partial charge in [-0.15, -0.1) is 0 Å². The van der Waals surface area contributed by atoms with Gasteiger partial charge in [0.2, 0.25) is 0 Å². The van der Waals surface area contributed by atoms with E-state index in [1.54, 1.807) is 0 Å². The highest BCUT2D eigenvalue weighted by molar-refractivity contribution is 5.70. The molecule has 0 saturated carbocycles. The topological polar surface area (TPSA) is 46.5 Å². The first-order valence-corrected chi connectivity index (χ1v) is 3.87. The summed E-state index contributed by atoms with van der Waals surface area (Å²) in [6.07, 6.45) is 1.26. The lowest BCUT2D eigenvalue weighted by Crippen LogP contribution is -2.30. The fourth-order valence-electron chi connectivity index (χ4n) is 0.841. The lowest BCUT2D eigenvalue weighted by molar-refractivity contribution is -0.146. The van der Waals surface area contributed by atoms with E-state index in [2.05, 4.69) is 4.74 Å². The molecule has 11 heavy (non-hydrogen) atoms. The van der Waals surface area contributed by atoms with Crippen LogP contribution in [-0.2, 0) is 9.53 Å². The normalized spacial score (nSPS) is 11.3. The molecule has 0 aromatic rings. The summed E-state index contributed by atoms with van der Waals surface area (Å²) in [5, 5.41) is 9.63. The molecule has 0 bridgehead atoms. The van der Waals surface area contributed by atoms with Crippen LogP contribution in [0.5, 0.6) is 0 Å². The SMILES string of the molecule is CCC(O)(CC)CC(=O)OC. The van der Waals surface area contributed by atoms with Crippen LogP contribution in [0, 0.1) is 0 Å². The molecule has 0 atom stereocenters. The third-order valence-corrected chi connectivity index (χ3v) is 2.02. The zero-order chi connectivity index (χ0) is 8.91. The van der Waals surface area contributed by atoms with E-state index in [-0.39, 0.29) is 12.4 Å². The molecule has 0 rings (SSSR count). The minimum Gasteiger partial charge on any atom is -0.469 e. The van der Waals surface area contributed by atoms with Crippen LogP contribution in [0.15, 0.2) is 0 Å². The fraction of sp³-hybridized carbons (Fsp3) is 0.875. The molecule has 66 valence electrons. The van der Waals surface area contributed by atoms with Crippen molar-refractivity contribution in [2.45, 2.75) is 38.7 Å². The second-order valence-electron chi connectivity index (χ2n) is 2.68. The lowest BCUT2D eigenvalue weighted by atomic mass is 9.94. The van der Waals surface area contributed by atoms with Crippen LogP contribution >= 0.6 is 0 Å². The van der Waals surface area contributed by atoms with Gasteiger partial charge in [-0.1, -0.05) is 13.8 Å². The monoisotopic (exact) mass is 160 g/mol. The van der Waals surface area contributed by atoms with Gasteiger partial charge in [0.05, 0.1) is 19.1 Å². The second kappa shape index (κ2) is 4.34. The maximum Gasteiger partial charge on any atom is 0.308 e. The molecule has 0 fully saturated rings. The molecule has 1 N–H and O–H groups in total. The van der Waals surface area contributed by atoms with Crippen LogP contribution in [0.4, 0.5) is 0 Å². The number of ether oxygens (including phenoxy) is 1. The third-order valence-electron chi connectivity index (χ3n) is 2.02. The number of hydrogen-bond donors (Lipinski definition) is 1. The average Bonchev–Trinajstić information content (AvgIpc) is 2.04. The number of hydrogen-bond acceptors (Lipinski definition) is 3. The van der Waals surface area contributed by atoms with Gasteiger partial charge < -0.3 is 9.84 Å². The Morgan fingerprint density at radius 2 is 1.91 bits per heavy atom. The van der Waals surface area contributed by atoms with Crippen molar-refractivity contribution >= 4 is 5.97 Å². The Morgan fingerprint density at radius 1 is 1.45 bits per heavy atom. The standard InChI is InChI=1S/C8H16O3/c1-4-8(10,5-2)6-7(9)11-3/h10H,4-6H2,1-3H3. The van der Waals surface area contributed by atoms with E-state index in [1.165, 1.54) is 7.11 Å². The summed E-state index contributed by atoms with van der Waals surface area (Å²) in [5.74, 6) is -0.351. The molecule has 0 aliphatic carbocycles. The van der Waals surface area contributed by atoms with Crippen LogP contribution in [0.25, 0.3) is 0 Å². The van der Waals surface area contributed by atoms with E-state index >= 15 is 0 Å². The van der Waals surface area contributed by atoms with E-state index < -0.39 is 5.60 Å². The molecule has 0 heterocycles. The number of esters is 1. The molecule has 0 spiro atoms. The van der Waals surface area contributed by atoms with Crippen LogP contribution in [0.1, 0.15) is 33.1 Å². The zero-order valence-electron chi connectivity index (χ0n) is 7.39. The molecule has 0 aliphatic heterocycles. The number of rotatable bonds is 4. The van der Waals surface area contributed by atoms with Gasteiger partial charge in [-0.3, -0.25) is 4.79 Å². The molecule has 0 unspecified atom stereocenters. The van der Waals surface area contributed by atoms with E-state index in [9.17, 15) is 9.90 Å². The highest BCUT2D eigenvalue weighted by Crippen LogP contribution is 2.19. The molecule has 0 saturated heterocycles. The Morgan fingerprint density at radius 3 is 2.18 bits per heavy atom. The third kappa shape index (κ3) is 3.37. The Labute approximate surface area is 67.4 Å². The quantitative estimate of drug-likeness (QED) is 0.626. The number of carbonyl (C=O) groups is 1. The number of carbonyl (C=O) groups excluding carboxylic acids is 1. The summed E-state index contributed by atoms with van der Waals surface area (Å²) in [4.78, 5) is 10.8. The van der Waals surface area contributed by atoms with Crippen molar-refractivity contribution in [2.24, 2.45) is 0 Å². The number of aliphatic hydroxyl groups is 1. The lowest BCUT2D eigenvalue weighted by Gasteiger charge is -2.23. The first-order valence-electron chi connectivity index (χ1n) is 3.87. The molecule has 3 nitrogen and oxygen atoms in total. The van der Waals surface area contributed by atoms with Crippen molar-refractivity contribution in [3.8, 4) is 0 Å². The van der Waals surface area contributed by atoms with Crippen molar-refractivity contribution in [1.29, 1.82) is 0 Å². The van der Waals surface area contributed by atoms with Crippen molar-refractivity contribution in [3.63, 3.8) is 0 Å². The minimum absolute atomic E-state index is 0.0938. The van der Waals surface area contributed by atoms with Crippen molar-refractivity contribution in [2.75, 3.05) is 7.11 Å². The Balaban J connectivity index is 3.96. The van der Waals surface area contributed by atoms with Crippen molar-refractivity contribution in [1.82, 2.24) is 0 Å². The predicted octanol–water partition coefficient (Wildman–Crippen LogP) is 1.10. The largest absolute Gasteiger partial charge is 0.469 e. The summed E-state index contributed by atoms with van der Waals surface area (Å²) < 4.78 is 4.45. The summed E-state index contributed by atoms with van der Waals surface area (Å²) >= 11 is 0. The van der Waals surface area contributed by atoms with Gasteiger partial charge in [0.15, 0.2) is 0 Å². The highest BCUT2D eigenvalue weighted by atomic mass is 16.5. The molecule has 0 aromatic heterocycles. The molecular formula is C8H16O3. The Bertz CT molecular complexity index is 127. The second-order valence-corrected chi connectivity index (χ2v) is 2.68. The number of methoxy groups -OCH3 is 1. The molecular weight excluding hydrogens is 144 g/mol. The summed E-state index contributed by atoms with van der Waals surface area (Å²) in [5.41, 5.74) is -0.868. The highest BCUT2D eigenvalue weighted by Gasteiger charge is 2.25. The Hall–Kier alpha value is -0.570. The first-order chi connectivity index (χ1) is 5.08. The van der Waals surface area contributed by atoms with Crippen LogP contribution < -0.4 is 0 Å². The van der Waals surface area contributed by atoms with Gasteiger partial charge in [-0.05, 0) is 12.8 Å². The summed E-state index contributed by atoms with van der Waals surface area (Å²) in [7, 11) is 1.33. The maximum absolute atomic E-state index is 10.8. The van der Waals surface area contributed by atoms with Gasteiger partial charge in [-0.25, -0.2) is 0 Å². The summed E-state index contributed by atoms with van der Waals surface area (Å²) in [6.45, 7) is 3.71. The van der Waals surface area contributed by atoms with Gasteiger partial charge in [0.25, 0.3) is 0 Å². The van der Waals surface area contributed by atoms with Gasteiger partial charge in [0.1, 0.15) is 0 Å². The van der Waals surface area contributed by atoms with Gasteiger partial charge in [0, 0.05) is 0 Å². The predicted molar refractivity (Wildman–Crippen MR) is 42.2 cm³/mol. The maximum atomic E-state index is 10.8. The van der Waals surface area contributed by atoms with E-state index in [4.69, 9.17) is 0 Å². The molecule has 0 aromatic carbocycles. The van der Waals surface area contributed by atoms with E-state index in [0.717, 1.165) is 0 Å². The molecule has 0 aliphatic rings. The summed E-state index contributed by atoms with van der Waals surface area (Å²) in [6, 6.07) is 0. The zero-order valence-corrected chi connectivity index (χ0v) is 7.39. The van der Waals surface area contributed by atoms with Gasteiger partial charge in [-0.2, -0.15) is 0 Å². The van der Waals surface area contributed by atoms with E-state index in [1.807, 2.05) is 13.8 Å². The smallest absolute Gasteiger partial charge is 0.308 e. The van der Waals surface area contributed by atoms with Crippen LogP contribution in [-0.4, -0.2) is 23.8 Å². The van der Waals surface area contributed by atoms with Crippen LogP contribution in [0.2, 0.25) is 0 Å². The van der Waals surface area contributed by atoms with Crippen molar-refractivity contribution in [3.05, 3.63) is 0 Å². The molecule has 0 amide bonds.